The average molecular weight is 405 g/mol. The fourth-order valence-electron chi connectivity index (χ4n) is 3.55. The maximum absolute atomic E-state index is 11.1. The third-order valence-electron chi connectivity index (χ3n) is 5.19. The molecule has 0 aliphatic heterocycles. The Labute approximate surface area is 172 Å². The van der Waals surface area contributed by atoms with E-state index in [1.165, 1.54) is 7.11 Å². The lowest BCUT2D eigenvalue weighted by Gasteiger charge is -2.19. The Balaban J connectivity index is 1.80. The average Bonchev–Trinajstić information content (AvgIpc) is 3.00. The molecule has 0 amide bonds. The highest BCUT2D eigenvalue weighted by atomic mass is 16.5. The summed E-state index contributed by atoms with van der Waals surface area (Å²) in [7, 11) is 1.38. The van der Waals surface area contributed by atoms with E-state index in [1.807, 2.05) is 42.5 Å². The van der Waals surface area contributed by atoms with Gasteiger partial charge in [-0.15, -0.1) is 0 Å². The van der Waals surface area contributed by atoms with Crippen LogP contribution in [0.15, 0.2) is 54.6 Å². The van der Waals surface area contributed by atoms with Gasteiger partial charge in [-0.2, -0.15) is 0 Å². The zero-order valence-electron chi connectivity index (χ0n) is 16.9. The van der Waals surface area contributed by atoms with Crippen LogP contribution in [0.4, 0.5) is 0 Å². The predicted octanol–water partition coefficient (Wildman–Crippen LogP) is 2.63. The van der Waals surface area contributed by atoms with Crippen molar-refractivity contribution in [2.45, 2.75) is 50.4 Å². The molecule has 0 bridgehead atoms. The zero-order valence-corrected chi connectivity index (χ0v) is 16.9. The number of methoxy groups -OCH3 is 1. The van der Waals surface area contributed by atoms with E-state index in [4.69, 9.17) is 4.74 Å². The van der Waals surface area contributed by atoms with E-state index in [2.05, 4.69) is 4.74 Å². The highest BCUT2D eigenvalue weighted by Crippen LogP contribution is 2.36. The van der Waals surface area contributed by atoms with Crippen LogP contribution in [0.3, 0.4) is 0 Å². The minimum atomic E-state index is -0.797. The van der Waals surface area contributed by atoms with Crippen LogP contribution in [0.5, 0.6) is 5.75 Å². The van der Waals surface area contributed by atoms with Gasteiger partial charge in [-0.25, -0.2) is 0 Å². The molecule has 1 aromatic carbocycles. The first-order valence-electron chi connectivity index (χ1n) is 10.1. The van der Waals surface area contributed by atoms with Crippen molar-refractivity contribution in [3.8, 4) is 5.75 Å². The summed E-state index contributed by atoms with van der Waals surface area (Å²) in [6.07, 6.45) is 8.19. The quantitative estimate of drug-likeness (QED) is 0.298. The molecule has 0 aromatic heterocycles. The third kappa shape index (κ3) is 8.01. The molecular formula is C23H32O6. The Morgan fingerprint density at radius 2 is 1.97 bits per heavy atom. The van der Waals surface area contributed by atoms with Crippen molar-refractivity contribution in [3.63, 3.8) is 0 Å². The standard InChI is InChI=1S/C23H32O6/c1-28-23(27)12-8-3-2-7-11-19-20(22(26)15-21(19)25)14-13-17(24)16-29-18-9-5-4-6-10-18/h2,4-7,9-10,13-14,17,19-22,24-26H,3,8,11-12,15-16H2,1H3/b7-2-,14-13+/t17-,19+,20+,21-,22-/m0/s1. The van der Waals surface area contributed by atoms with E-state index in [0.717, 1.165) is 12.8 Å². The highest BCUT2D eigenvalue weighted by molar-refractivity contribution is 5.69. The van der Waals surface area contributed by atoms with Crippen LogP contribution in [-0.2, 0) is 9.53 Å². The molecule has 29 heavy (non-hydrogen) atoms. The topological polar surface area (TPSA) is 96.2 Å². The molecule has 0 heterocycles. The number of carbonyl (C=O) groups excluding carboxylic acids is 1. The van der Waals surface area contributed by atoms with Gasteiger partial charge in [0.1, 0.15) is 18.5 Å². The molecule has 0 radical (unpaired) electrons. The molecule has 1 aromatic rings. The smallest absolute Gasteiger partial charge is 0.305 e. The number of rotatable bonds is 11. The van der Waals surface area contributed by atoms with Crippen molar-refractivity contribution >= 4 is 5.97 Å². The van der Waals surface area contributed by atoms with Gasteiger partial charge in [0.05, 0.1) is 19.3 Å². The molecule has 1 saturated carbocycles. The number of esters is 1. The number of aliphatic hydroxyl groups excluding tert-OH is 3. The van der Waals surface area contributed by atoms with Crippen molar-refractivity contribution in [1.29, 1.82) is 0 Å². The van der Waals surface area contributed by atoms with Gasteiger partial charge in [0.25, 0.3) is 0 Å². The number of hydrogen-bond donors (Lipinski definition) is 3. The van der Waals surface area contributed by atoms with E-state index < -0.39 is 18.3 Å². The van der Waals surface area contributed by atoms with Crippen molar-refractivity contribution in [2.24, 2.45) is 11.8 Å². The summed E-state index contributed by atoms with van der Waals surface area (Å²) in [6, 6.07) is 9.26. The SMILES string of the molecule is COC(=O)CCC/C=C\C[C@@H]1[C@@H](/C=C/[C@H](O)COc2ccccc2)[C@@H](O)C[C@@H]1O. The van der Waals surface area contributed by atoms with E-state index in [9.17, 15) is 20.1 Å². The number of aliphatic hydroxyl groups is 3. The lowest BCUT2D eigenvalue weighted by atomic mass is 9.89. The molecule has 3 N–H and O–H groups in total. The van der Waals surface area contributed by atoms with Gasteiger partial charge in [0.2, 0.25) is 0 Å². The lowest BCUT2D eigenvalue weighted by Crippen LogP contribution is -2.21. The van der Waals surface area contributed by atoms with Crippen molar-refractivity contribution < 1.29 is 29.6 Å². The van der Waals surface area contributed by atoms with Gasteiger partial charge >= 0.3 is 5.97 Å². The summed E-state index contributed by atoms with van der Waals surface area (Å²) in [4.78, 5) is 11.1. The Morgan fingerprint density at radius 3 is 2.69 bits per heavy atom. The summed E-state index contributed by atoms with van der Waals surface area (Å²) < 4.78 is 10.1. The van der Waals surface area contributed by atoms with Crippen molar-refractivity contribution in [2.75, 3.05) is 13.7 Å². The lowest BCUT2D eigenvalue weighted by molar-refractivity contribution is -0.140. The van der Waals surface area contributed by atoms with Crippen LogP contribution < -0.4 is 4.74 Å². The molecule has 160 valence electrons. The highest BCUT2D eigenvalue weighted by Gasteiger charge is 2.39. The minimum Gasteiger partial charge on any atom is -0.491 e. The molecule has 0 saturated heterocycles. The Hall–Kier alpha value is -2.15. The Kier molecular flexibility index (Phi) is 9.91. The number of para-hydroxylation sites is 1. The fourth-order valence-corrected chi connectivity index (χ4v) is 3.55. The summed E-state index contributed by atoms with van der Waals surface area (Å²) in [5.74, 6) is 0.135. The number of benzene rings is 1. The predicted molar refractivity (Wildman–Crippen MR) is 110 cm³/mol. The zero-order chi connectivity index (χ0) is 21.1. The van der Waals surface area contributed by atoms with Crippen molar-refractivity contribution in [1.82, 2.24) is 0 Å². The third-order valence-corrected chi connectivity index (χ3v) is 5.19. The molecule has 5 atom stereocenters. The van der Waals surface area contributed by atoms with E-state index in [1.54, 1.807) is 12.2 Å². The monoisotopic (exact) mass is 404 g/mol. The second-order valence-electron chi connectivity index (χ2n) is 7.36. The van der Waals surface area contributed by atoms with Crippen LogP contribution in [0.1, 0.15) is 32.1 Å². The normalized spacial score (nSPS) is 25.5. The second kappa shape index (κ2) is 12.4. The van der Waals surface area contributed by atoms with Crippen LogP contribution in [-0.4, -0.2) is 53.3 Å². The van der Waals surface area contributed by atoms with Crippen molar-refractivity contribution in [3.05, 3.63) is 54.6 Å². The molecule has 6 nitrogen and oxygen atoms in total. The number of carbonyl (C=O) groups is 1. The second-order valence-corrected chi connectivity index (χ2v) is 7.36. The van der Waals surface area contributed by atoms with Gasteiger partial charge in [0, 0.05) is 18.8 Å². The van der Waals surface area contributed by atoms with Gasteiger partial charge in [-0.3, -0.25) is 4.79 Å². The molecular weight excluding hydrogens is 372 g/mol. The first-order valence-corrected chi connectivity index (χ1v) is 10.1. The van der Waals surface area contributed by atoms with Gasteiger partial charge in [0.15, 0.2) is 0 Å². The summed E-state index contributed by atoms with van der Waals surface area (Å²) in [6.45, 7) is 0.122. The van der Waals surface area contributed by atoms with Crippen LogP contribution in [0.2, 0.25) is 0 Å². The molecule has 1 fully saturated rings. The van der Waals surface area contributed by atoms with E-state index in [0.29, 0.717) is 25.0 Å². The van der Waals surface area contributed by atoms with E-state index >= 15 is 0 Å². The molecule has 1 aliphatic rings. The first-order chi connectivity index (χ1) is 14.0. The van der Waals surface area contributed by atoms with Crippen LogP contribution in [0, 0.1) is 11.8 Å². The number of hydrogen-bond acceptors (Lipinski definition) is 6. The maximum atomic E-state index is 11.1. The fraction of sp³-hybridized carbons (Fsp3) is 0.522. The molecule has 1 aliphatic carbocycles. The van der Waals surface area contributed by atoms with E-state index in [-0.39, 0.29) is 24.4 Å². The summed E-state index contributed by atoms with van der Waals surface area (Å²) >= 11 is 0. The van der Waals surface area contributed by atoms with Gasteiger partial charge in [-0.05, 0) is 37.3 Å². The van der Waals surface area contributed by atoms with Crippen LogP contribution >= 0.6 is 0 Å². The molecule has 2 rings (SSSR count). The number of ether oxygens (including phenoxy) is 2. The molecule has 0 spiro atoms. The first kappa shape index (κ1) is 23.1. The molecule has 0 unspecified atom stereocenters. The van der Waals surface area contributed by atoms with Gasteiger partial charge in [-0.1, -0.05) is 42.5 Å². The largest absolute Gasteiger partial charge is 0.491 e. The van der Waals surface area contributed by atoms with Crippen LogP contribution in [0.25, 0.3) is 0 Å². The minimum absolute atomic E-state index is 0.111. The van der Waals surface area contributed by atoms with Gasteiger partial charge < -0.3 is 24.8 Å². The summed E-state index contributed by atoms with van der Waals surface area (Å²) in [5, 5.41) is 30.7. The Bertz CT molecular complexity index is 657. The Morgan fingerprint density at radius 1 is 1.21 bits per heavy atom. The summed E-state index contributed by atoms with van der Waals surface area (Å²) in [5.41, 5.74) is 0. The number of allylic oxidation sites excluding steroid dienone is 2. The number of unbranched alkanes of at least 4 members (excludes halogenated alkanes) is 1. The maximum Gasteiger partial charge on any atom is 0.305 e. The molecule has 6 heteroatoms.